The van der Waals surface area contributed by atoms with Crippen LogP contribution in [0.25, 0.3) is 0 Å². The molecule has 1 fully saturated rings. The van der Waals surface area contributed by atoms with Crippen LogP contribution in [0.3, 0.4) is 0 Å². The molecule has 0 amide bonds. The van der Waals surface area contributed by atoms with E-state index in [1.807, 2.05) is 18.2 Å². The third kappa shape index (κ3) is 4.31. The number of hydrogen-bond acceptors (Lipinski definition) is 3. The molecule has 0 radical (unpaired) electrons. The van der Waals surface area contributed by atoms with Crippen molar-refractivity contribution in [3.05, 3.63) is 60.7 Å². The van der Waals surface area contributed by atoms with Crippen LogP contribution in [0.4, 0.5) is 0 Å². The number of ether oxygens (including phenoxy) is 1. The highest BCUT2D eigenvalue weighted by molar-refractivity contribution is 6.74. The van der Waals surface area contributed by atoms with Crippen molar-refractivity contribution >= 4 is 8.32 Å². The van der Waals surface area contributed by atoms with Gasteiger partial charge in [-0.25, -0.2) is 0 Å². The lowest BCUT2D eigenvalue weighted by Crippen LogP contribution is -2.44. The van der Waals surface area contributed by atoms with Crippen LogP contribution in [-0.4, -0.2) is 26.6 Å². The van der Waals surface area contributed by atoms with Gasteiger partial charge < -0.3 is 14.3 Å². The molecule has 2 aliphatic rings. The summed E-state index contributed by atoms with van der Waals surface area (Å²) in [5.41, 5.74) is 2.35. The fourth-order valence-electron chi connectivity index (χ4n) is 4.83. The van der Waals surface area contributed by atoms with Crippen LogP contribution in [-0.2, 0) is 6.42 Å². The summed E-state index contributed by atoms with van der Waals surface area (Å²) in [5.74, 6) is 2.85. The van der Waals surface area contributed by atoms with Gasteiger partial charge in [0.15, 0.2) is 5.75 Å². The second kappa shape index (κ2) is 8.39. The summed E-state index contributed by atoms with van der Waals surface area (Å²) in [5, 5.41) is 10.9. The molecule has 2 aliphatic carbocycles. The van der Waals surface area contributed by atoms with Crippen molar-refractivity contribution in [3.63, 3.8) is 0 Å². The van der Waals surface area contributed by atoms with Crippen LogP contribution in [0, 0.1) is 23.7 Å². The Labute approximate surface area is 183 Å². The Balaban J connectivity index is 1.87. The molecule has 0 saturated heterocycles. The summed E-state index contributed by atoms with van der Waals surface area (Å²) in [6, 6.07) is 6.30. The Bertz CT molecular complexity index is 833. The second-order valence-electron chi connectivity index (χ2n) is 10.5. The van der Waals surface area contributed by atoms with E-state index in [0.717, 1.165) is 29.9 Å². The number of methoxy groups -OCH3 is 1. The normalized spacial score (nSPS) is 28.9. The van der Waals surface area contributed by atoms with Gasteiger partial charge in [0.1, 0.15) is 5.75 Å². The van der Waals surface area contributed by atoms with Gasteiger partial charge in [-0.2, -0.15) is 0 Å². The predicted octanol–water partition coefficient (Wildman–Crippen LogP) is 6.16. The van der Waals surface area contributed by atoms with Gasteiger partial charge in [-0.05, 0) is 72.3 Å². The highest BCUT2D eigenvalue weighted by Gasteiger charge is 2.47. The number of aliphatic hydroxyl groups excluding tert-OH is 1. The van der Waals surface area contributed by atoms with Crippen molar-refractivity contribution in [2.45, 2.75) is 57.8 Å². The highest BCUT2D eigenvalue weighted by Crippen LogP contribution is 2.51. The molecule has 1 aromatic carbocycles. The van der Waals surface area contributed by atoms with Crippen molar-refractivity contribution in [3.8, 4) is 11.5 Å². The third-order valence-electron chi connectivity index (χ3n) is 7.53. The standard InChI is InChI=1S/C26H38O3Si/c1-9-19-16-20(25-21(27)12-10-17(2)24(19)25)14-18-11-13-22(28-6)23(15-18)29-30(7,8)26(3,4)5/h9-13,15,19-21,24-25,27H,1-2,14,16H2,3-8H3/t19-,20-,21?,24+,25+/m1/s1. The molecule has 0 aliphatic heterocycles. The highest BCUT2D eigenvalue weighted by atomic mass is 28.4. The van der Waals surface area contributed by atoms with E-state index in [1.54, 1.807) is 7.11 Å². The van der Waals surface area contributed by atoms with Gasteiger partial charge in [0, 0.05) is 0 Å². The number of hydrogen-bond donors (Lipinski definition) is 1. The first kappa shape index (κ1) is 22.9. The molecule has 0 aromatic heterocycles. The van der Waals surface area contributed by atoms with Gasteiger partial charge in [0.05, 0.1) is 13.2 Å². The molecule has 3 nitrogen and oxygen atoms in total. The van der Waals surface area contributed by atoms with Crippen LogP contribution in [0.15, 0.2) is 55.2 Å². The van der Waals surface area contributed by atoms with Gasteiger partial charge in [-0.1, -0.05) is 57.2 Å². The minimum Gasteiger partial charge on any atom is -0.541 e. The van der Waals surface area contributed by atoms with Gasteiger partial charge in [-0.3, -0.25) is 0 Å². The molecule has 3 rings (SSSR count). The molecule has 5 atom stereocenters. The maximum atomic E-state index is 10.7. The van der Waals surface area contributed by atoms with Crippen molar-refractivity contribution < 1.29 is 14.3 Å². The largest absolute Gasteiger partial charge is 0.541 e. The van der Waals surface area contributed by atoms with Crippen molar-refractivity contribution in [2.24, 2.45) is 23.7 Å². The molecular formula is C26H38O3Si. The molecule has 1 aromatic rings. The van der Waals surface area contributed by atoms with Crippen molar-refractivity contribution in [2.75, 3.05) is 7.11 Å². The summed E-state index contributed by atoms with van der Waals surface area (Å²) < 4.78 is 12.2. The van der Waals surface area contributed by atoms with E-state index in [1.165, 1.54) is 5.56 Å². The first-order chi connectivity index (χ1) is 14.0. The molecule has 0 spiro atoms. The van der Waals surface area contributed by atoms with Crippen molar-refractivity contribution in [1.29, 1.82) is 0 Å². The van der Waals surface area contributed by atoms with Gasteiger partial charge in [-0.15, -0.1) is 6.58 Å². The third-order valence-corrected chi connectivity index (χ3v) is 11.9. The summed E-state index contributed by atoms with van der Waals surface area (Å²) in [7, 11) is -0.285. The zero-order valence-corrected chi connectivity index (χ0v) is 20.4. The predicted molar refractivity (Wildman–Crippen MR) is 128 cm³/mol. The van der Waals surface area contributed by atoms with E-state index in [9.17, 15) is 5.11 Å². The maximum absolute atomic E-state index is 10.7. The van der Waals surface area contributed by atoms with E-state index in [-0.39, 0.29) is 16.9 Å². The fraction of sp³-hybridized carbons (Fsp3) is 0.538. The van der Waals surface area contributed by atoms with E-state index in [4.69, 9.17) is 9.16 Å². The summed E-state index contributed by atoms with van der Waals surface area (Å²) >= 11 is 0. The van der Waals surface area contributed by atoms with E-state index >= 15 is 0 Å². The van der Waals surface area contributed by atoms with Gasteiger partial charge in [0.2, 0.25) is 0 Å². The Kier molecular flexibility index (Phi) is 6.40. The van der Waals surface area contributed by atoms with E-state index < -0.39 is 14.4 Å². The van der Waals surface area contributed by atoms with Crippen LogP contribution < -0.4 is 9.16 Å². The van der Waals surface area contributed by atoms with Crippen LogP contribution in [0.2, 0.25) is 18.1 Å². The Morgan fingerprint density at radius 2 is 1.93 bits per heavy atom. The van der Waals surface area contributed by atoms with Crippen LogP contribution in [0.5, 0.6) is 11.5 Å². The Morgan fingerprint density at radius 3 is 2.53 bits per heavy atom. The van der Waals surface area contributed by atoms with Crippen molar-refractivity contribution in [1.82, 2.24) is 0 Å². The molecule has 1 saturated carbocycles. The summed E-state index contributed by atoms with van der Waals surface area (Å²) in [6.07, 6.45) is 7.46. The smallest absolute Gasteiger partial charge is 0.250 e. The quantitative estimate of drug-likeness (QED) is 0.437. The minimum absolute atomic E-state index is 0.114. The fourth-order valence-corrected chi connectivity index (χ4v) is 5.84. The molecule has 0 bridgehead atoms. The number of allylic oxidation sites excluding steroid dienone is 3. The van der Waals surface area contributed by atoms with Crippen LogP contribution >= 0.6 is 0 Å². The monoisotopic (exact) mass is 426 g/mol. The number of fused-ring (bicyclic) bond motifs is 1. The lowest BCUT2D eigenvalue weighted by atomic mass is 9.74. The lowest BCUT2D eigenvalue weighted by Gasteiger charge is -2.37. The van der Waals surface area contributed by atoms with Crippen LogP contribution in [0.1, 0.15) is 32.8 Å². The second-order valence-corrected chi connectivity index (χ2v) is 15.2. The van der Waals surface area contributed by atoms with E-state index in [0.29, 0.717) is 11.8 Å². The van der Waals surface area contributed by atoms with Gasteiger partial charge in [0.25, 0.3) is 8.32 Å². The zero-order valence-electron chi connectivity index (χ0n) is 19.4. The lowest BCUT2D eigenvalue weighted by molar-refractivity contribution is 0.101. The SMILES string of the molecule is C=C[C@@H]1C[C@@H](Cc2ccc(OC)c(O[Si](C)(C)C(C)(C)C)c2)[C@H]2C(O)C=CC(=C)[C@H]21. The number of rotatable bonds is 6. The molecule has 1 N–H and O–H groups in total. The zero-order chi connectivity index (χ0) is 22.3. The maximum Gasteiger partial charge on any atom is 0.250 e. The summed E-state index contributed by atoms with van der Waals surface area (Å²) in [6.45, 7) is 19.6. The van der Waals surface area contributed by atoms with E-state index in [2.05, 4.69) is 65.2 Å². The van der Waals surface area contributed by atoms with Gasteiger partial charge >= 0.3 is 0 Å². The molecule has 164 valence electrons. The first-order valence-corrected chi connectivity index (χ1v) is 13.9. The Hall–Kier alpha value is -1.78. The molecule has 0 heterocycles. The Morgan fingerprint density at radius 1 is 1.23 bits per heavy atom. The number of benzene rings is 1. The summed E-state index contributed by atoms with van der Waals surface area (Å²) in [4.78, 5) is 0. The topological polar surface area (TPSA) is 38.7 Å². The average Bonchev–Trinajstić information content (AvgIpc) is 3.03. The number of aliphatic hydroxyl groups is 1. The molecule has 1 unspecified atom stereocenters. The molecule has 30 heavy (non-hydrogen) atoms. The molecular weight excluding hydrogens is 388 g/mol. The molecule has 4 heteroatoms. The first-order valence-electron chi connectivity index (χ1n) is 11.0. The average molecular weight is 427 g/mol. The minimum atomic E-state index is -1.98.